The molecule has 0 radical (unpaired) electrons. The van der Waals surface area contributed by atoms with E-state index in [4.69, 9.17) is 5.26 Å². The summed E-state index contributed by atoms with van der Waals surface area (Å²) in [6.45, 7) is 5.89. The molecule has 102 valence electrons. The molecule has 19 heavy (non-hydrogen) atoms. The van der Waals surface area contributed by atoms with Gasteiger partial charge in [0.2, 0.25) is 0 Å². The van der Waals surface area contributed by atoms with E-state index in [1.54, 1.807) is 0 Å². The van der Waals surface area contributed by atoms with E-state index in [1.165, 1.54) is 44.6 Å². The second-order valence-electron chi connectivity index (χ2n) is 5.29. The number of nitriles is 1. The van der Waals surface area contributed by atoms with Gasteiger partial charge < -0.3 is 10.2 Å². The predicted octanol–water partition coefficient (Wildman–Crippen LogP) is 3.04. The molecular weight excluding hydrogens is 234 g/mol. The highest BCUT2D eigenvalue weighted by Gasteiger charge is 2.17. The fourth-order valence-electron chi connectivity index (χ4n) is 2.66. The minimum Gasteiger partial charge on any atom is -0.382 e. The highest BCUT2D eigenvalue weighted by Crippen LogP contribution is 2.17. The summed E-state index contributed by atoms with van der Waals surface area (Å²) in [5, 5.41) is 12.3. The molecule has 0 amide bonds. The van der Waals surface area contributed by atoms with Crippen LogP contribution >= 0.6 is 0 Å². The van der Waals surface area contributed by atoms with E-state index in [9.17, 15) is 0 Å². The molecule has 3 nitrogen and oxygen atoms in total. The summed E-state index contributed by atoms with van der Waals surface area (Å²) in [6, 6.07) is 11.0. The maximum atomic E-state index is 8.65. The Morgan fingerprint density at radius 2 is 1.95 bits per heavy atom. The van der Waals surface area contributed by atoms with E-state index in [-0.39, 0.29) is 0 Å². The molecule has 1 aliphatic heterocycles. The average Bonchev–Trinajstić information content (AvgIpc) is 2.44. The van der Waals surface area contributed by atoms with Crippen LogP contribution in [0, 0.1) is 11.3 Å². The van der Waals surface area contributed by atoms with Crippen molar-refractivity contribution in [1.29, 1.82) is 5.26 Å². The Bertz CT molecular complexity index is 411. The maximum Gasteiger partial charge on any atom is 0.0669 e. The normalized spacial score (nSPS) is 17.1. The lowest BCUT2D eigenvalue weighted by Gasteiger charge is -2.32. The molecule has 1 aliphatic rings. The summed E-state index contributed by atoms with van der Waals surface area (Å²) < 4.78 is 0. The Hall–Kier alpha value is -1.53. The molecule has 0 atom stereocenters. The van der Waals surface area contributed by atoms with Crippen molar-refractivity contribution in [2.75, 3.05) is 25.0 Å². The van der Waals surface area contributed by atoms with Gasteiger partial charge in [0, 0.05) is 24.8 Å². The van der Waals surface area contributed by atoms with Crippen molar-refractivity contribution in [2.24, 2.45) is 0 Å². The number of hydrogen-bond donors (Lipinski definition) is 1. The number of benzene rings is 1. The first-order chi connectivity index (χ1) is 9.31. The molecule has 1 aromatic carbocycles. The van der Waals surface area contributed by atoms with Gasteiger partial charge in [0.1, 0.15) is 0 Å². The number of hydrogen-bond acceptors (Lipinski definition) is 3. The summed E-state index contributed by atoms with van der Waals surface area (Å²) in [7, 11) is 0. The van der Waals surface area contributed by atoms with Crippen LogP contribution in [0.15, 0.2) is 24.3 Å². The second-order valence-corrected chi connectivity index (χ2v) is 5.29. The number of rotatable bonds is 5. The smallest absolute Gasteiger partial charge is 0.0669 e. The molecule has 1 heterocycles. The zero-order valence-corrected chi connectivity index (χ0v) is 11.7. The highest BCUT2D eigenvalue weighted by atomic mass is 15.1. The van der Waals surface area contributed by atoms with Gasteiger partial charge in [-0.1, -0.05) is 19.1 Å². The van der Waals surface area contributed by atoms with Crippen molar-refractivity contribution in [2.45, 2.75) is 38.6 Å². The topological polar surface area (TPSA) is 39.1 Å². The van der Waals surface area contributed by atoms with Crippen LogP contribution in [0.2, 0.25) is 0 Å². The first-order valence-corrected chi connectivity index (χ1v) is 7.26. The maximum absolute atomic E-state index is 8.65. The molecule has 1 saturated heterocycles. The van der Waals surface area contributed by atoms with Gasteiger partial charge in [0.05, 0.1) is 12.5 Å². The molecule has 2 rings (SSSR count). The summed E-state index contributed by atoms with van der Waals surface area (Å²) in [5.41, 5.74) is 2.27. The third-order valence-electron chi connectivity index (χ3n) is 3.74. The van der Waals surface area contributed by atoms with Crippen LogP contribution < -0.4 is 5.32 Å². The third-order valence-corrected chi connectivity index (χ3v) is 3.74. The van der Waals surface area contributed by atoms with Crippen molar-refractivity contribution in [3.8, 4) is 6.07 Å². The van der Waals surface area contributed by atoms with E-state index in [2.05, 4.69) is 35.3 Å². The van der Waals surface area contributed by atoms with Crippen molar-refractivity contribution in [1.82, 2.24) is 4.90 Å². The third kappa shape index (κ3) is 4.25. The summed E-state index contributed by atoms with van der Waals surface area (Å²) in [5.74, 6) is 0. The Balaban J connectivity index is 1.80. The molecular formula is C16H23N3. The Labute approximate surface area is 116 Å². The summed E-state index contributed by atoms with van der Waals surface area (Å²) in [4.78, 5) is 2.55. The minimum atomic E-state index is 0.496. The van der Waals surface area contributed by atoms with Crippen LogP contribution in [0.5, 0.6) is 0 Å². The quantitative estimate of drug-likeness (QED) is 0.881. The fraction of sp³-hybridized carbons (Fsp3) is 0.562. The molecule has 0 aliphatic carbocycles. The Morgan fingerprint density at radius 3 is 2.53 bits per heavy atom. The van der Waals surface area contributed by atoms with Gasteiger partial charge in [0.15, 0.2) is 0 Å². The summed E-state index contributed by atoms with van der Waals surface area (Å²) >= 11 is 0. The SMILES string of the molecule is CCCN1CCC(Nc2ccc(CC#N)cc2)CC1. The molecule has 0 bridgehead atoms. The molecule has 3 heteroatoms. The highest BCUT2D eigenvalue weighted by molar-refractivity contribution is 5.45. The second kappa shape index (κ2) is 7.16. The van der Waals surface area contributed by atoms with Crippen molar-refractivity contribution in [3.05, 3.63) is 29.8 Å². The molecule has 1 fully saturated rings. The van der Waals surface area contributed by atoms with Crippen LogP contribution in [0.1, 0.15) is 31.7 Å². The largest absolute Gasteiger partial charge is 0.382 e. The molecule has 1 N–H and O–H groups in total. The van der Waals surface area contributed by atoms with Crippen LogP contribution in [0.3, 0.4) is 0 Å². The van der Waals surface area contributed by atoms with Gasteiger partial charge in [-0.25, -0.2) is 0 Å². The van der Waals surface area contributed by atoms with Crippen LogP contribution in [-0.2, 0) is 6.42 Å². The van der Waals surface area contributed by atoms with Crippen molar-refractivity contribution in [3.63, 3.8) is 0 Å². The Morgan fingerprint density at radius 1 is 1.26 bits per heavy atom. The van der Waals surface area contributed by atoms with E-state index in [1.807, 2.05) is 12.1 Å². The molecule has 0 saturated carbocycles. The van der Waals surface area contributed by atoms with Gasteiger partial charge in [-0.05, 0) is 43.5 Å². The van der Waals surface area contributed by atoms with Gasteiger partial charge in [-0.2, -0.15) is 5.26 Å². The number of anilines is 1. The van der Waals surface area contributed by atoms with Crippen LogP contribution in [0.25, 0.3) is 0 Å². The molecule has 0 spiro atoms. The van der Waals surface area contributed by atoms with E-state index in [0.29, 0.717) is 12.5 Å². The van der Waals surface area contributed by atoms with Gasteiger partial charge in [-0.15, -0.1) is 0 Å². The molecule has 1 aromatic rings. The fourth-order valence-corrected chi connectivity index (χ4v) is 2.66. The Kier molecular flexibility index (Phi) is 5.23. The lowest BCUT2D eigenvalue weighted by Crippen LogP contribution is -2.39. The lowest BCUT2D eigenvalue weighted by molar-refractivity contribution is 0.219. The minimum absolute atomic E-state index is 0.496. The lowest BCUT2D eigenvalue weighted by atomic mass is 10.0. The number of piperidine rings is 1. The number of nitrogens with zero attached hydrogens (tertiary/aromatic N) is 2. The number of nitrogens with one attached hydrogen (secondary N) is 1. The average molecular weight is 257 g/mol. The zero-order valence-electron chi connectivity index (χ0n) is 11.7. The first-order valence-electron chi connectivity index (χ1n) is 7.26. The molecule has 0 unspecified atom stereocenters. The van der Waals surface area contributed by atoms with Gasteiger partial charge in [0.25, 0.3) is 0 Å². The van der Waals surface area contributed by atoms with Crippen molar-refractivity contribution >= 4 is 5.69 Å². The zero-order chi connectivity index (χ0) is 13.5. The monoisotopic (exact) mass is 257 g/mol. The number of likely N-dealkylation sites (tertiary alicyclic amines) is 1. The van der Waals surface area contributed by atoms with E-state index >= 15 is 0 Å². The van der Waals surface area contributed by atoms with Gasteiger partial charge in [-0.3, -0.25) is 0 Å². The first kappa shape index (κ1) is 13.9. The van der Waals surface area contributed by atoms with E-state index < -0.39 is 0 Å². The van der Waals surface area contributed by atoms with Crippen LogP contribution in [-0.4, -0.2) is 30.6 Å². The van der Waals surface area contributed by atoms with Gasteiger partial charge >= 0.3 is 0 Å². The van der Waals surface area contributed by atoms with Crippen LogP contribution in [0.4, 0.5) is 5.69 Å². The van der Waals surface area contributed by atoms with Crippen molar-refractivity contribution < 1.29 is 0 Å². The van der Waals surface area contributed by atoms with E-state index in [0.717, 1.165) is 5.56 Å². The summed E-state index contributed by atoms with van der Waals surface area (Å²) in [6.07, 6.45) is 4.19. The molecule has 0 aromatic heterocycles. The standard InChI is InChI=1S/C16H23N3/c1-2-11-19-12-8-16(9-13-19)18-15-5-3-14(4-6-15)7-10-17/h3-6,16,18H,2,7-9,11-13H2,1H3. The predicted molar refractivity (Wildman–Crippen MR) is 79.1 cm³/mol.